The number of benzene rings is 1. The minimum Gasteiger partial charge on any atom is -0.311 e. The van der Waals surface area contributed by atoms with Crippen molar-refractivity contribution in [2.45, 2.75) is 38.6 Å². The normalized spacial score (nSPS) is 26.9. The molecule has 1 saturated heterocycles. The molecule has 1 N–H and O–H groups in total. The van der Waals surface area contributed by atoms with E-state index in [2.05, 4.69) is 30.4 Å². The number of carbonyl (C=O) groups excluding carboxylic acids is 1. The molecule has 2 unspecified atom stereocenters. The molecular formula is C16H22N2O. The molecule has 1 amide bonds. The molecule has 3 nitrogen and oxygen atoms in total. The van der Waals surface area contributed by atoms with Crippen LogP contribution in [0.25, 0.3) is 0 Å². The lowest BCUT2D eigenvalue weighted by molar-refractivity contribution is -0.121. The number of fused-ring (bicyclic) bond motifs is 1. The van der Waals surface area contributed by atoms with E-state index in [1.54, 1.807) is 0 Å². The Morgan fingerprint density at radius 1 is 1.32 bits per heavy atom. The summed E-state index contributed by atoms with van der Waals surface area (Å²) in [5.74, 6) is 0.710. The van der Waals surface area contributed by atoms with Crippen LogP contribution in [-0.4, -0.2) is 25.0 Å². The van der Waals surface area contributed by atoms with Gasteiger partial charge in [0.05, 0.1) is 6.04 Å². The van der Waals surface area contributed by atoms with Crippen molar-refractivity contribution in [2.75, 3.05) is 18.0 Å². The standard InChI is InChI=1S/C16H22N2O/c1-12-9-10-17-15(12)16(19)18-11-5-4-7-13-6-2-3-8-14(13)18/h2-3,6,8,12,15,17H,4-5,7,9-11H2,1H3. The van der Waals surface area contributed by atoms with Crippen molar-refractivity contribution >= 4 is 11.6 Å². The van der Waals surface area contributed by atoms with Crippen LogP contribution in [0.1, 0.15) is 31.7 Å². The Labute approximate surface area is 115 Å². The molecule has 0 spiro atoms. The Morgan fingerprint density at radius 2 is 2.16 bits per heavy atom. The summed E-state index contributed by atoms with van der Waals surface area (Å²) >= 11 is 0. The summed E-state index contributed by atoms with van der Waals surface area (Å²) in [7, 11) is 0. The molecule has 0 aliphatic carbocycles. The maximum absolute atomic E-state index is 12.8. The van der Waals surface area contributed by atoms with Gasteiger partial charge in [0.25, 0.3) is 0 Å². The molecule has 0 radical (unpaired) electrons. The van der Waals surface area contributed by atoms with Gasteiger partial charge in [-0.05, 0) is 49.8 Å². The number of anilines is 1. The lowest BCUT2D eigenvalue weighted by Crippen LogP contribution is -2.46. The minimum atomic E-state index is 0.00570. The van der Waals surface area contributed by atoms with E-state index in [0.29, 0.717) is 5.92 Å². The monoisotopic (exact) mass is 258 g/mol. The van der Waals surface area contributed by atoms with E-state index in [9.17, 15) is 4.79 Å². The number of carbonyl (C=O) groups is 1. The molecule has 102 valence electrons. The number of nitrogens with one attached hydrogen (secondary N) is 1. The molecule has 1 aromatic rings. The van der Waals surface area contributed by atoms with Gasteiger partial charge in [-0.2, -0.15) is 0 Å². The highest BCUT2D eigenvalue weighted by Gasteiger charge is 2.34. The predicted molar refractivity (Wildman–Crippen MR) is 77.3 cm³/mol. The largest absolute Gasteiger partial charge is 0.311 e. The zero-order chi connectivity index (χ0) is 13.2. The van der Waals surface area contributed by atoms with Crippen molar-refractivity contribution in [3.63, 3.8) is 0 Å². The summed E-state index contributed by atoms with van der Waals surface area (Å²) in [4.78, 5) is 14.8. The lowest BCUT2D eigenvalue weighted by atomic mass is 10.0. The first-order valence-corrected chi connectivity index (χ1v) is 7.40. The van der Waals surface area contributed by atoms with E-state index in [0.717, 1.165) is 38.0 Å². The molecule has 1 fully saturated rings. The summed E-state index contributed by atoms with van der Waals surface area (Å²) in [6.45, 7) is 4.00. The molecule has 1 aromatic carbocycles. The van der Waals surface area contributed by atoms with Crippen LogP contribution in [0.15, 0.2) is 24.3 Å². The summed E-state index contributed by atoms with van der Waals surface area (Å²) in [6, 6.07) is 8.37. The minimum absolute atomic E-state index is 0.00570. The van der Waals surface area contributed by atoms with Gasteiger partial charge in [-0.25, -0.2) is 0 Å². The van der Waals surface area contributed by atoms with Crippen molar-refractivity contribution in [1.29, 1.82) is 0 Å². The molecule has 2 atom stereocenters. The van der Waals surface area contributed by atoms with Gasteiger partial charge in [-0.1, -0.05) is 25.1 Å². The van der Waals surface area contributed by atoms with Crippen molar-refractivity contribution in [3.05, 3.63) is 29.8 Å². The topological polar surface area (TPSA) is 32.3 Å². The molecule has 2 heterocycles. The first kappa shape index (κ1) is 12.7. The van der Waals surface area contributed by atoms with Crippen LogP contribution < -0.4 is 10.2 Å². The van der Waals surface area contributed by atoms with Crippen LogP contribution in [0.2, 0.25) is 0 Å². The van der Waals surface area contributed by atoms with Gasteiger partial charge < -0.3 is 10.2 Å². The smallest absolute Gasteiger partial charge is 0.244 e. The third kappa shape index (κ3) is 2.39. The Bertz CT molecular complexity index is 472. The summed E-state index contributed by atoms with van der Waals surface area (Å²) < 4.78 is 0. The molecule has 0 bridgehead atoms. The van der Waals surface area contributed by atoms with Crippen LogP contribution in [0.3, 0.4) is 0 Å². The second-order valence-electron chi connectivity index (χ2n) is 5.77. The van der Waals surface area contributed by atoms with Gasteiger partial charge in [-0.3, -0.25) is 4.79 Å². The zero-order valence-electron chi connectivity index (χ0n) is 11.6. The highest BCUT2D eigenvalue weighted by Crippen LogP contribution is 2.28. The fourth-order valence-corrected chi connectivity index (χ4v) is 3.25. The van der Waals surface area contributed by atoms with Gasteiger partial charge in [-0.15, -0.1) is 0 Å². The second-order valence-corrected chi connectivity index (χ2v) is 5.77. The first-order chi connectivity index (χ1) is 9.27. The van der Waals surface area contributed by atoms with Crippen LogP contribution in [0.5, 0.6) is 0 Å². The highest BCUT2D eigenvalue weighted by atomic mass is 16.2. The zero-order valence-corrected chi connectivity index (χ0v) is 11.6. The lowest BCUT2D eigenvalue weighted by Gasteiger charge is -2.27. The molecular weight excluding hydrogens is 236 g/mol. The van der Waals surface area contributed by atoms with Crippen LogP contribution in [-0.2, 0) is 11.2 Å². The number of rotatable bonds is 1. The number of amides is 1. The first-order valence-electron chi connectivity index (χ1n) is 7.40. The van der Waals surface area contributed by atoms with Gasteiger partial charge in [0, 0.05) is 12.2 Å². The predicted octanol–water partition coefficient (Wildman–Crippen LogP) is 2.35. The number of hydrogen-bond donors (Lipinski definition) is 1. The fraction of sp³-hybridized carbons (Fsp3) is 0.562. The van der Waals surface area contributed by atoms with Crippen molar-refractivity contribution in [1.82, 2.24) is 5.32 Å². The maximum Gasteiger partial charge on any atom is 0.244 e. The van der Waals surface area contributed by atoms with E-state index < -0.39 is 0 Å². The van der Waals surface area contributed by atoms with Crippen molar-refractivity contribution in [3.8, 4) is 0 Å². The van der Waals surface area contributed by atoms with Crippen LogP contribution in [0, 0.1) is 5.92 Å². The molecule has 2 aliphatic rings. The van der Waals surface area contributed by atoms with Gasteiger partial charge in [0.1, 0.15) is 0 Å². The highest BCUT2D eigenvalue weighted by molar-refractivity contribution is 5.98. The van der Waals surface area contributed by atoms with Crippen LogP contribution in [0.4, 0.5) is 5.69 Å². The van der Waals surface area contributed by atoms with Crippen LogP contribution >= 0.6 is 0 Å². The summed E-state index contributed by atoms with van der Waals surface area (Å²) in [5.41, 5.74) is 2.45. The Hall–Kier alpha value is -1.35. The maximum atomic E-state index is 12.8. The molecule has 19 heavy (non-hydrogen) atoms. The number of aryl methyl sites for hydroxylation is 1. The average molecular weight is 258 g/mol. The van der Waals surface area contributed by atoms with E-state index in [4.69, 9.17) is 0 Å². The average Bonchev–Trinajstić information content (AvgIpc) is 2.74. The molecule has 3 heteroatoms. The van der Waals surface area contributed by atoms with E-state index in [1.165, 1.54) is 12.0 Å². The number of hydrogen-bond acceptors (Lipinski definition) is 2. The van der Waals surface area contributed by atoms with Gasteiger partial charge in [0.15, 0.2) is 0 Å². The van der Waals surface area contributed by atoms with Gasteiger partial charge in [0.2, 0.25) is 5.91 Å². The Morgan fingerprint density at radius 3 is 2.95 bits per heavy atom. The van der Waals surface area contributed by atoms with Crippen molar-refractivity contribution < 1.29 is 4.79 Å². The third-order valence-electron chi connectivity index (χ3n) is 4.43. The molecule has 0 saturated carbocycles. The SMILES string of the molecule is CC1CCNC1C(=O)N1CCCCc2ccccc21. The number of para-hydroxylation sites is 1. The summed E-state index contributed by atoms with van der Waals surface area (Å²) in [5, 5.41) is 3.36. The summed E-state index contributed by atoms with van der Waals surface area (Å²) in [6.07, 6.45) is 4.47. The van der Waals surface area contributed by atoms with E-state index in [-0.39, 0.29) is 11.9 Å². The Balaban J connectivity index is 1.89. The quantitative estimate of drug-likeness (QED) is 0.838. The second kappa shape index (κ2) is 5.33. The molecule has 0 aromatic heterocycles. The Kier molecular flexibility index (Phi) is 3.56. The fourth-order valence-electron chi connectivity index (χ4n) is 3.25. The van der Waals surface area contributed by atoms with Crippen molar-refractivity contribution in [2.24, 2.45) is 5.92 Å². The number of nitrogens with zero attached hydrogens (tertiary/aromatic N) is 1. The van der Waals surface area contributed by atoms with E-state index in [1.807, 2.05) is 11.0 Å². The molecule has 2 aliphatic heterocycles. The van der Waals surface area contributed by atoms with E-state index >= 15 is 0 Å². The molecule has 3 rings (SSSR count). The van der Waals surface area contributed by atoms with Gasteiger partial charge >= 0.3 is 0 Å². The third-order valence-corrected chi connectivity index (χ3v) is 4.43.